The van der Waals surface area contributed by atoms with Crippen LogP contribution in [0.15, 0.2) is 23.1 Å². The number of aromatic nitrogens is 3. The van der Waals surface area contributed by atoms with Crippen LogP contribution >= 0.6 is 11.3 Å². The highest BCUT2D eigenvalue weighted by molar-refractivity contribution is 7.14. The van der Waals surface area contributed by atoms with Crippen LogP contribution in [0.2, 0.25) is 0 Å². The van der Waals surface area contributed by atoms with Crippen LogP contribution in [0.1, 0.15) is 11.9 Å². The third-order valence-electron chi connectivity index (χ3n) is 2.02. The molecule has 2 heterocycles. The molecule has 0 unspecified atom stereocenters. The Morgan fingerprint density at radius 2 is 2.31 bits per heavy atom. The summed E-state index contributed by atoms with van der Waals surface area (Å²) in [5.41, 5.74) is 0.779. The van der Waals surface area contributed by atoms with Gasteiger partial charge in [-0.2, -0.15) is 0 Å². The molecule has 2 rings (SSSR count). The Labute approximate surface area is 96.6 Å². The van der Waals surface area contributed by atoms with Crippen LogP contribution in [0.25, 0.3) is 10.6 Å². The predicted molar refractivity (Wildman–Crippen MR) is 63.3 cm³/mol. The van der Waals surface area contributed by atoms with Crippen molar-refractivity contribution in [2.75, 3.05) is 6.54 Å². The Morgan fingerprint density at radius 1 is 1.44 bits per heavy atom. The van der Waals surface area contributed by atoms with Crippen molar-refractivity contribution in [2.45, 2.75) is 13.5 Å². The Morgan fingerprint density at radius 3 is 3.00 bits per heavy atom. The fraction of sp³-hybridized carbons (Fsp3) is 0.300. The Hall–Kier alpha value is -1.53. The minimum Gasteiger partial charge on any atom is -0.328 e. The van der Waals surface area contributed by atoms with Crippen LogP contribution in [-0.2, 0) is 6.54 Å². The average molecular weight is 236 g/mol. The van der Waals surface area contributed by atoms with E-state index in [0.717, 1.165) is 28.7 Å². The zero-order chi connectivity index (χ0) is 11.4. The number of hydrogen-bond donors (Lipinski definition) is 2. The van der Waals surface area contributed by atoms with Crippen molar-refractivity contribution >= 4 is 11.3 Å². The maximum absolute atomic E-state index is 10.9. The van der Waals surface area contributed by atoms with Gasteiger partial charge in [-0.25, -0.2) is 0 Å². The molecule has 0 aliphatic carbocycles. The molecule has 0 radical (unpaired) electrons. The van der Waals surface area contributed by atoms with Gasteiger partial charge in [0, 0.05) is 24.4 Å². The van der Waals surface area contributed by atoms with E-state index in [0.29, 0.717) is 0 Å². The van der Waals surface area contributed by atoms with Crippen molar-refractivity contribution < 1.29 is 0 Å². The lowest BCUT2D eigenvalue weighted by molar-refractivity contribution is 0.715. The third kappa shape index (κ3) is 2.53. The van der Waals surface area contributed by atoms with Crippen molar-refractivity contribution in [3.8, 4) is 10.6 Å². The fourth-order valence-electron chi connectivity index (χ4n) is 1.22. The van der Waals surface area contributed by atoms with E-state index in [9.17, 15) is 4.79 Å². The predicted octanol–water partition coefficient (Wildman–Crippen LogP) is 1.00. The number of rotatable bonds is 4. The van der Waals surface area contributed by atoms with Crippen LogP contribution in [0.4, 0.5) is 0 Å². The largest absolute Gasteiger partial charge is 0.328 e. The molecule has 0 amide bonds. The first-order valence-electron chi connectivity index (χ1n) is 5.02. The summed E-state index contributed by atoms with van der Waals surface area (Å²) in [6.07, 6.45) is 1.65. The van der Waals surface area contributed by atoms with Crippen molar-refractivity contribution in [3.63, 3.8) is 0 Å². The Kier molecular flexibility index (Phi) is 3.43. The molecule has 2 aromatic heterocycles. The molecule has 2 aromatic rings. The molecule has 84 valence electrons. The molecule has 0 fully saturated rings. The van der Waals surface area contributed by atoms with Gasteiger partial charge in [0.05, 0.1) is 0 Å². The van der Waals surface area contributed by atoms with E-state index in [2.05, 4.69) is 20.5 Å². The van der Waals surface area contributed by atoms with Gasteiger partial charge in [0.1, 0.15) is 10.0 Å². The highest BCUT2D eigenvalue weighted by atomic mass is 32.1. The molecule has 0 saturated heterocycles. The second kappa shape index (κ2) is 5.00. The SMILES string of the molecule is CCNCc1nnc(-c2ccc(=O)[nH]c2)s1. The Bertz CT molecular complexity index is 499. The maximum atomic E-state index is 10.9. The molecule has 5 nitrogen and oxygen atoms in total. The molecule has 0 saturated carbocycles. The minimum absolute atomic E-state index is 0.110. The lowest BCUT2D eigenvalue weighted by atomic mass is 10.3. The van der Waals surface area contributed by atoms with Gasteiger partial charge >= 0.3 is 0 Å². The van der Waals surface area contributed by atoms with E-state index in [4.69, 9.17) is 0 Å². The van der Waals surface area contributed by atoms with Crippen molar-refractivity contribution in [1.82, 2.24) is 20.5 Å². The smallest absolute Gasteiger partial charge is 0.247 e. The quantitative estimate of drug-likeness (QED) is 0.831. The summed E-state index contributed by atoms with van der Waals surface area (Å²) in [6.45, 7) is 3.69. The summed E-state index contributed by atoms with van der Waals surface area (Å²) in [5.74, 6) is 0. The number of hydrogen-bond acceptors (Lipinski definition) is 5. The van der Waals surface area contributed by atoms with E-state index in [1.54, 1.807) is 12.3 Å². The highest BCUT2D eigenvalue weighted by Gasteiger charge is 2.05. The molecule has 0 bridgehead atoms. The molecule has 2 N–H and O–H groups in total. The summed E-state index contributed by atoms with van der Waals surface area (Å²) in [7, 11) is 0. The average Bonchev–Trinajstić information content (AvgIpc) is 2.76. The monoisotopic (exact) mass is 236 g/mol. The van der Waals surface area contributed by atoms with Gasteiger partial charge in [0.2, 0.25) is 5.56 Å². The minimum atomic E-state index is -0.110. The van der Waals surface area contributed by atoms with Gasteiger partial charge in [-0.15, -0.1) is 10.2 Å². The number of nitrogens with one attached hydrogen (secondary N) is 2. The van der Waals surface area contributed by atoms with Gasteiger partial charge in [-0.05, 0) is 12.6 Å². The number of H-pyrrole nitrogens is 1. The lowest BCUT2D eigenvalue weighted by Crippen LogP contribution is -2.11. The summed E-state index contributed by atoms with van der Waals surface area (Å²) in [6, 6.07) is 3.23. The molecular formula is C10H12N4OS. The van der Waals surface area contributed by atoms with Gasteiger partial charge in [-0.3, -0.25) is 4.79 Å². The molecule has 0 aromatic carbocycles. The van der Waals surface area contributed by atoms with Gasteiger partial charge < -0.3 is 10.3 Å². The van der Waals surface area contributed by atoms with Gasteiger partial charge in [0.25, 0.3) is 0 Å². The molecule has 6 heteroatoms. The standard InChI is InChI=1S/C10H12N4OS/c1-2-11-6-9-13-14-10(16-9)7-3-4-8(15)12-5-7/h3-5,11H,2,6H2,1H3,(H,12,15). The zero-order valence-corrected chi connectivity index (χ0v) is 9.67. The second-order valence-electron chi connectivity index (χ2n) is 3.22. The number of aromatic amines is 1. The molecule has 0 atom stereocenters. The fourth-order valence-corrected chi connectivity index (χ4v) is 2.02. The summed E-state index contributed by atoms with van der Waals surface area (Å²) in [5, 5.41) is 13.1. The summed E-state index contributed by atoms with van der Waals surface area (Å²) in [4.78, 5) is 13.5. The van der Waals surface area contributed by atoms with Crippen molar-refractivity contribution in [1.29, 1.82) is 0 Å². The highest BCUT2D eigenvalue weighted by Crippen LogP contribution is 2.21. The first-order chi connectivity index (χ1) is 7.79. The second-order valence-corrected chi connectivity index (χ2v) is 4.28. The third-order valence-corrected chi connectivity index (χ3v) is 3.00. The van der Waals surface area contributed by atoms with Crippen LogP contribution in [0, 0.1) is 0 Å². The van der Waals surface area contributed by atoms with Crippen molar-refractivity contribution in [3.05, 3.63) is 33.7 Å². The van der Waals surface area contributed by atoms with E-state index >= 15 is 0 Å². The molecule has 0 aliphatic rings. The van der Waals surface area contributed by atoms with Crippen LogP contribution in [-0.4, -0.2) is 21.7 Å². The number of nitrogens with zero attached hydrogens (tertiary/aromatic N) is 2. The van der Waals surface area contributed by atoms with Crippen LogP contribution in [0.5, 0.6) is 0 Å². The Balaban J connectivity index is 2.18. The zero-order valence-electron chi connectivity index (χ0n) is 8.86. The topological polar surface area (TPSA) is 70.7 Å². The van der Waals surface area contributed by atoms with E-state index in [1.165, 1.54) is 17.4 Å². The van der Waals surface area contributed by atoms with E-state index in [-0.39, 0.29) is 5.56 Å². The van der Waals surface area contributed by atoms with Crippen molar-refractivity contribution in [2.24, 2.45) is 0 Å². The summed E-state index contributed by atoms with van der Waals surface area (Å²) < 4.78 is 0. The van der Waals surface area contributed by atoms with E-state index in [1.807, 2.05) is 6.92 Å². The number of pyridine rings is 1. The molecule has 0 spiro atoms. The van der Waals surface area contributed by atoms with E-state index < -0.39 is 0 Å². The molecular weight excluding hydrogens is 224 g/mol. The first-order valence-corrected chi connectivity index (χ1v) is 5.83. The lowest BCUT2D eigenvalue weighted by Gasteiger charge is -1.94. The van der Waals surface area contributed by atoms with Crippen LogP contribution in [0.3, 0.4) is 0 Å². The summed E-state index contributed by atoms with van der Waals surface area (Å²) >= 11 is 1.53. The van der Waals surface area contributed by atoms with Gasteiger partial charge in [-0.1, -0.05) is 18.3 Å². The van der Waals surface area contributed by atoms with Gasteiger partial charge in [0.15, 0.2) is 0 Å². The molecule has 16 heavy (non-hydrogen) atoms. The first kappa shape index (κ1) is 11.0. The maximum Gasteiger partial charge on any atom is 0.247 e. The van der Waals surface area contributed by atoms with Crippen LogP contribution < -0.4 is 10.9 Å². The molecule has 0 aliphatic heterocycles. The normalized spacial score (nSPS) is 10.6.